The summed E-state index contributed by atoms with van der Waals surface area (Å²) in [7, 11) is 0. The molecule has 0 atom stereocenters. The van der Waals surface area contributed by atoms with Gasteiger partial charge in [0.15, 0.2) is 11.6 Å². The van der Waals surface area contributed by atoms with Crippen LogP contribution < -0.4 is 10.5 Å². The van der Waals surface area contributed by atoms with Gasteiger partial charge in [0.05, 0.1) is 0 Å². The van der Waals surface area contributed by atoms with Crippen LogP contribution in [0.2, 0.25) is 0 Å². The summed E-state index contributed by atoms with van der Waals surface area (Å²) in [5, 5.41) is 0. The normalized spacial score (nSPS) is 11.4. The quantitative estimate of drug-likeness (QED) is 0.672. The lowest BCUT2D eigenvalue weighted by molar-refractivity contribution is -0.138. The molecule has 7 heteroatoms. The maximum Gasteiger partial charge on any atom is 0.421 e. The molecule has 2 aromatic rings. The van der Waals surface area contributed by atoms with Crippen LogP contribution in [-0.4, -0.2) is 4.98 Å². The van der Waals surface area contributed by atoms with E-state index in [1.54, 1.807) is 6.92 Å². The van der Waals surface area contributed by atoms with E-state index >= 15 is 0 Å². The Bertz CT molecular complexity index is 641. The second-order valence-corrected chi connectivity index (χ2v) is 4.10. The summed E-state index contributed by atoms with van der Waals surface area (Å²) in [6.45, 7) is 1.59. The summed E-state index contributed by atoms with van der Waals surface area (Å²) in [4.78, 5) is 3.49. The number of nitrogens with zero attached hydrogens (tertiary/aromatic N) is 1. The van der Waals surface area contributed by atoms with Gasteiger partial charge in [0, 0.05) is 18.0 Å². The number of benzene rings is 1. The lowest BCUT2D eigenvalue weighted by Crippen LogP contribution is -2.08. The maximum atomic E-state index is 13.6. The molecule has 0 amide bonds. The molecule has 0 saturated carbocycles. The van der Waals surface area contributed by atoms with Crippen LogP contribution in [0.1, 0.15) is 11.1 Å². The van der Waals surface area contributed by atoms with E-state index in [2.05, 4.69) is 4.98 Å². The molecule has 0 aliphatic heterocycles. The number of nitrogens with two attached hydrogens (primary N) is 1. The minimum absolute atomic E-state index is 0.187. The summed E-state index contributed by atoms with van der Waals surface area (Å²) in [5.41, 5.74) is 5.09. The summed E-state index contributed by atoms with van der Waals surface area (Å²) in [6, 6.07) is 4.14. The van der Waals surface area contributed by atoms with Gasteiger partial charge in [0.2, 0.25) is 5.88 Å². The zero-order valence-electron chi connectivity index (χ0n) is 10.3. The molecule has 1 aromatic heterocycles. The Morgan fingerprint density at radius 2 is 1.95 bits per heavy atom. The van der Waals surface area contributed by atoms with Gasteiger partial charge < -0.3 is 10.5 Å². The van der Waals surface area contributed by atoms with E-state index < -0.39 is 23.4 Å². The number of hydrogen-bond acceptors (Lipinski definition) is 3. The highest BCUT2D eigenvalue weighted by Gasteiger charge is 2.35. The predicted molar refractivity (Wildman–Crippen MR) is 64.9 cm³/mol. The van der Waals surface area contributed by atoms with Crippen LogP contribution in [0.5, 0.6) is 11.6 Å². The standard InChI is InChI=1S/C13H10F4N2O/c1-7-5-11(9(14)6-10(7)18)20-12-8(13(15,16)17)3-2-4-19-12/h2-6H,18H2,1H3. The van der Waals surface area contributed by atoms with Crippen molar-refractivity contribution in [3.05, 3.63) is 47.4 Å². The minimum Gasteiger partial charge on any atom is -0.435 e. The van der Waals surface area contributed by atoms with E-state index in [0.717, 1.165) is 24.4 Å². The second kappa shape index (κ2) is 4.99. The molecule has 0 saturated heterocycles. The summed E-state index contributed by atoms with van der Waals surface area (Å²) in [5.74, 6) is -1.92. The van der Waals surface area contributed by atoms with Crippen molar-refractivity contribution in [1.29, 1.82) is 0 Å². The maximum absolute atomic E-state index is 13.6. The summed E-state index contributed by atoms with van der Waals surface area (Å²) in [6.07, 6.45) is -3.50. The number of ether oxygens (including phenoxy) is 1. The molecule has 0 unspecified atom stereocenters. The molecule has 0 spiro atoms. The molecule has 2 rings (SSSR count). The van der Waals surface area contributed by atoms with E-state index in [-0.39, 0.29) is 11.4 Å². The lowest BCUT2D eigenvalue weighted by Gasteiger charge is -2.13. The molecule has 1 heterocycles. The van der Waals surface area contributed by atoms with Gasteiger partial charge in [-0.15, -0.1) is 0 Å². The number of pyridine rings is 1. The van der Waals surface area contributed by atoms with Crippen LogP contribution in [0.3, 0.4) is 0 Å². The Morgan fingerprint density at radius 1 is 1.25 bits per heavy atom. The first-order chi connectivity index (χ1) is 9.29. The fourth-order valence-electron chi connectivity index (χ4n) is 1.54. The Hall–Kier alpha value is -2.31. The van der Waals surface area contributed by atoms with E-state index in [4.69, 9.17) is 10.5 Å². The van der Waals surface area contributed by atoms with Gasteiger partial charge in [-0.3, -0.25) is 0 Å². The Kier molecular flexibility index (Phi) is 3.52. The van der Waals surface area contributed by atoms with Crippen LogP contribution in [-0.2, 0) is 6.18 Å². The third kappa shape index (κ3) is 2.81. The smallest absolute Gasteiger partial charge is 0.421 e. The number of aromatic nitrogens is 1. The molecular weight excluding hydrogens is 276 g/mol. The fourth-order valence-corrected chi connectivity index (χ4v) is 1.54. The van der Waals surface area contributed by atoms with Crippen molar-refractivity contribution in [3.8, 4) is 11.6 Å². The first kappa shape index (κ1) is 14.1. The number of rotatable bonds is 2. The van der Waals surface area contributed by atoms with Crippen molar-refractivity contribution in [3.63, 3.8) is 0 Å². The van der Waals surface area contributed by atoms with E-state index in [0.29, 0.717) is 5.56 Å². The zero-order chi connectivity index (χ0) is 14.9. The molecule has 20 heavy (non-hydrogen) atoms. The van der Waals surface area contributed by atoms with E-state index in [1.807, 2.05) is 0 Å². The lowest BCUT2D eigenvalue weighted by atomic mass is 10.2. The highest BCUT2D eigenvalue weighted by molar-refractivity contribution is 5.51. The van der Waals surface area contributed by atoms with Crippen LogP contribution in [0.15, 0.2) is 30.5 Å². The van der Waals surface area contributed by atoms with Gasteiger partial charge in [0.25, 0.3) is 0 Å². The van der Waals surface area contributed by atoms with Crippen molar-refractivity contribution in [2.24, 2.45) is 0 Å². The molecule has 106 valence electrons. The predicted octanol–water partition coefficient (Wildman–Crippen LogP) is 3.92. The number of hydrogen-bond donors (Lipinski definition) is 1. The first-order valence-electron chi connectivity index (χ1n) is 5.54. The highest BCUT2D eigenvalue weighted by atomic mass is 19.4. The van der Waals surface area contributed by atoms with Gasteiger partial charge in [-0.05, 0) is 30.7 Å². The van der Waals surface area contributed by atoms with Gasteiger partial charge in [-0.2, -0.15) is 13.2 Å². The van der Waals surface area contributed by atoms with E-state index in [9.17, 15) is 17.6 Å². The monoisotopic (exact) mass is 286 g/mol. The molecular formula is C13H10F4N2O. The average Bonchev–Trinajstić information content (AvgIpc) is 2.35. The third-order valence-electron chi connectivity index (χ3n) is 2.60. The molecule has 3 nitrogen and oxygen atoms in total. The molecule has 0 aliphatic carbocycles. The second-order valence-electron chi connectivity index (χ2n) is 4.10. The summed E-state index contributed by atoms with van der Waals surface area (Å²) >= 11 is 0. The SMILES string of the molecule is Cc1cc(Oc2ncccc2C(F)(F)F)c(F)cc1N. The fraction of sp³-hybridized carbons (Fsp3) is 0.154. The van der Waals surface area contributed by atoms with Crippen molar-refractivity contribution < 1.29 is 22.3 Å². The third-order valence-corrected chi connectivity index (χ3v) is 2.60. The van der Waals surface area contributed by atoms with Crippen LogP contribution >= 0.6 is 0 Å². The average molecular weight is 286 g/mol. The van der Waals surface area contributed by atoms with E-state index in [1.165, 1.54) is 6.07 Å². The molecule has 0 fully saturated rings. The Labute approximate surface area is 112 Å². The number of anilines is 1. The Morgan fingerprint density at radius 3 is 2.60 bits per heavy atom. The van der Waals surface area contributed by atoms with Crippen molar-refractivity contribution in [1.82, 2.24) is 4.98 Å². The summed E-state index contributed by atoms with van der Waals surface area (Å²) < 4.78 is 56.9. The van der Waals surface area contributed by atoms with Crippen molar-refractivity contribution in [2.45, 2.75) is 13.1 Å². The molecule has 0 bridgehead atoms. The van der Waals surface area contributed by atoms with Gasteiger partial charge in [0.1, 0.15) is 5.56 Å². The van der Waals surface area contributed by atoms with Crippen LogP contribution in [0, 0.1) is 12.7 Å². The van der Waals surface area contributed by atoms with Crippen LogP contribution in [0.4, 0.5) is 23.2 Å². The minimum atomic E-state index is -4.64. The van der Waals surface area contributed by atoms with Gasteiger partial charge >= 0.3 is 6.18 Å². The first-order valence-corrected chi connectivity index (χ1v) is 5.54. The van der Waals surface area contributed by atoms with Gasteiger partial charge in [-0.1, -0.05) is 0 Å². The van der Waals surface area contributed by atoms with Crippen molar-refractivity contribution in [2.75, 3.05) is 5.73 Å². The number of alkyl halides is 3. The largest absolute Gasteiger partial charge is 0.435 e. The van der Waals surface area contributed by atoms with Crippen LogP contribution in [0.25, 0.3) is 0 Å². The highest BCUT2D eigenvalue weighted by Crippen LogP contribution is 2.37. The van der Waals surface area contributed by atoms with Crippen molar-refractivity contribution >= 4 is 5.69 Å². The molecule has 1 aromatic carbocycles. The molecule has 2 N–H and O–H groups in total. The molecule has 0 radical (unpaired) electrons. The Balaban J connectivity index is 2.43. The number of aryl methyl sites for hydroxylation is 1. The topological polar surface area (TPSA) is 48.1 Å². The number of halogens is 4. The molecule has 0 aliphatic rings. The zero-order valence-corrected chi connectivity index (χ0v) is 10.3. The van der Waals surface area contributed by atoms with Gasteiger partial charge in [-0.25, -0.2) is 9.37 Å². The number of nitrogen functional groups attached to an aromatic ring is 1.